The van der Waals surface area contributed by atoms with Gasteiger partial charge < -0.3 is 10.1 Å². The van der Waals surface area contributed by atoms with Crippen LogP contribution in [0.25, 0.3) is 0 Å². The Morgan fingerprint density at radius 3 is 2.58 bits per heavy atom. The van der Waals surface area contributed by atoms with Crippen LogP contribution in [-0.2, 0) is 12.4 Å². The minimum atomic E-state index is -0.518. The summed E-state index contributed by atoms with van der Waals surface area (Å²) in [5.41, 5.74) is 0. The zero-order valence-electron chi connectivity index (χ0n) is 6.12. The molecule has 5 nitrogen and oxygen atoms in total. The number of alkyl halides is 1. The summed E-state index contributed by atoms with van der Waals surface area (Å²) in [5, 5.41) is 10.9. The van der Waals surface area contributed by atoms with E-state index in [0.717, 1.165) is 0 Å². The number of halogens is 2. The van der Waals surface area contributed by atoms with E-state index < -0.39 is 4.92 Å². The van der Waals surface area contributed by atoms with Crippen molar-refractivity contribution in [1.29, 1.82) is 0 Å². The molecular weight excluding hydrogens is 294 g/mol. The Balaban J connectivity index is 3.25. The number of hydrogen-bond acceptors (Lipinski definition) is 3. The summed E-state index contributed by atoms with van der Waals surface area (Å²) < 4.78 is 2.01. The molecule has 7 heteroatoms. The molecule has 1 rings (SSSR count). The molecule has 0 radical (unpaired) electrons. The molecule has 0 spiro atoms. The minimum Gasteiger partial charge on any atom is -0.358 e. The first kappa shape index (κ1) is 9.66. The van der Waals surface area contributed by atoms with E-state index in [1.165, 1.54) is 0 Å². The van der Waals surface area contributed by atoms with E-state index in [1.54, 1.807) is 11.6 Å². The van der Waals surface area contributed by atoms with Crippen LogP contribution in [-0.4, -0.2) is 14.5 Å². The maximum atomic E-state index is 10.4. The van der Waals surface area contributed by atoms with Gasteiger partial charge in [-0.1, -0.05) is 15.9 Å². The first-order valence-electron chi connectivity index (χ1n) is 2.99. The van der Waals surface area contributed by atoms with Crippen LogP contribution in [0.1, 0.15) is 5.82 Å². The van der Waals surface area contributed by atoms with Gasteiger partial charge in [0.25, 0.3) is 0 Å². The standard InChI is InChI=1S/C5H5Br2N3O2/c1-9-3(2-6)8-5(4(9)7)10(11)12/h2H2,1H3. The van der Waals surface area contributed by atoms with Gasteiger partial charge in [0.1, 0.15) is 0 Å². The van der Waals surface area contributed by atoms with Crippen molar-refractivity contribution in [2.24, 2.45) is 7.05 Å². The topological polar surface area (TPSA) is 61.0 Å². The van der Waals surface area contributed by atoms with Crippen molar-refractivity contribution in [3.8, 4) is 0 Å². The van der Waals surface area contributed by atoms with Gasteiger partial charge in [0.15, 0.2) is 4.60 Å². The highest BCUT2D eigenvalue weighted by Crippen LogP contribution is 2.24. The number of aromatic nitrogens is 2. The molecule has 0 fully saturated rings. The van der Waals surface area contributed by atoms with Crippen LogP contribution in [0.2, 0.25) is 0 Å². The lowest BCUT2D eigenvalue weighted by molar-refractivity contribution is -0.390. The summed E-state index contributed by atoms with van der Waals surface area (Å²) in [6.45, 7) is 0. The van der Waals surface area contributed by atoms with Crippen LogP contribution in [0.5, 0.6) is 0 Å². The third kappa shape index (κ3) is 1.51. The molecule has 1 heterocycles. The molecule has 0 amide bonds. The molecule has 0 aliphatic rings. The molecule has 0 atom stereocenters. The second-order valence-electron chi connectivity index (χ2n) is 2.09. The fourth-order valence-corrected chi connectivity index (χ4v) is 1.68. The minimum absolute atomic E-state index is 0.146. The normalized spacial score (nSPS) is 10.2. The fraction of sp³-hybridized carbons (Fsp3) is 0.400. The van der Waals surface area contributed by atoms with E-state index in [4.69, 9.17) is 0 Å². The van der Waals surface area contributed by atoms with Gasteiger partial charge >= 0.3 is 5.82 Å². The molecule has 0 N–H and O–H groups in total. The van der Waals surface area contributed by atoms with Crippen LogP contribution in [0.3, 0.4) is 0 Å². The zero-order valence-corrected chi connectivity index (χ0v) is 9.29. The highest BCUT2D eigenvalue weighted by atomic mass is 79.9. The largest absolute Gasteiger partial charge is 0.396 e. The monoisotopic (exact) mass is 297 g/mol. The van der Waals surface area contributed by atoms with Gasteiger partial charge in [-0.15, -0.1) is 0 Å². The zero-order chi connectivity index (χ0) is 9.30. The Hall–Kier alpha value is -0.430. The average Bonchev–Trinajstić information content (AvgIpc) is 2.30. The third-order valence-electron chi connectivity index (χ3n) is 1.39. The van der Waals surface area contributed by atoms with Crippen molar-refractivity contribution in [2.75, 3.05) is 0 Å². The van der Waals surface area contributed by atoms with Gasteiger partial charge in [-0.05, 0) is 25.8 Å². The fourth-order valence-electron chi connectivity index (χ4n) is 0.742. The lowest BCUT2D eigenvalue weighted by Crippen LogP contribution is -1.93. The van der Waals surface area contributed by atoms with Crippen LogP contribution in [0.4, 0.5) is 5.82 Å². The summed E-state index contributed by atoms with van der Waals surface area (Å²) in [6, 6.07) is 0. The van der Waals surface area contributed by atoms with E-state index in [9.17, 15) is 10.1 Å². The van der Waals surface area contributed by atoms with Crippen molar-refractivity contribution in [3.05, 3.63) is 20.5 Å². The molecular formula is C5H5Br2N3O2. The number of nitrogens with zero attached hydrogens (tertiary/aromatic N) is 3. The van der Waals surface area contributed by atoms with Gasteiger partial charge in [-0.25, -0.2) is 0 Å². The maximum Gasteiger partial charge on any atom is 0.396 e. The summed E-state index contributed by atoms with van der Waals surface area (Å²) in [6.07, 6.45) is 0. The first-order valence-corrected chi connectivity index (χ1v) is 4.90. The molecule has 0 unspecified atom stereocenters. The second-order valence-corrected chi connectivity index (χ2v) is 3.40. The predicted molar refractivity (Wildman–Crippen MR) is 50.2 cm³/mol. The van der Waals surface area contributed by atoms with Gasteiger partial charge in [-0.2, -0.15) is 0 Å². The Bertz CT molecular complexity index is 323. The number of nitro groups is 1. The molecule has 0 aliphatic heterocycles. The Labute approximate surface area is 85.2 Å². The lowest BCUT2D eigenvalue weighted by atomic mass is 10.7. The highest BCUT2D eigenvalue weighted by Gasteiger charge is 2.22. The van der Waals surface area contributed by atoms with Crippen molar-refractivity contribution in [1.82, 2.24) is 9.55 Å². The van der Waals surface area contributed by atoms with Crippen LogP contribution in [0.15, 0.2) is 4.60 Å². The molecule has 0 saturated carbocycles. The second kappa shape index (κ2) is 3.53. The summed E-state index contributed by atoms with van der Waals surface area (Å²) in [4.78, 5) is 13.7. The van der Waals surface area contributed by atoms with Crippen LogP contribution < -0.4 is 0 Å². The molecule has 1 aromatic rings. The van der Waals surface area contributed by atoms with Crippen LogP contribution >= 0.6 is 31.9 Å². The van der Waals surface area contributed by atoms with E-state index in [2.05, 4.69) is 36.8 Å². The van der Waals surface area contributed by atoms with Gasteiger partial charge in [-0.3, -0.25) is 4.57 Å². The summed E-state index contributed by atoms with van der Waals surface area (Å²) in [5.74, 6) is 0.473. The predicted octanol–water partition coefficient (Wildman–Crippen LogP) is 1.99. The van der Waals surface area contributed by atoms with Crippen molar-refractivity contribution < 1.29 is 4.92 Å². The Morgan fingerprint density at radius 2 is 2.33 bits per heavy atom. The van der Waals surface area contributed by atoms with E-state index in [-0.39, 0.29) is 5.82 Å². The quantitative estimate of drug-likeness (QED) is 0.476. The Kier molecular flexibility index (Phi) is 2.84. The van der Waals surface area contributed by atoms with Gasteiger partial charge in [0, 0.05) is 7.05 Å². The number of rotatable bonds is 2. The van der Waals surface area contributed by atoms with Gasteiger partial charge in [0.2, 0.25) is 5.82 Å². The first-order chi connectivity index (χ1) is 5.57. The molecule has 0 saturated heterocycles. The Morgan fingerprint density at radius 1 is 1.75 bits per heavy atom. The molecule has 0 aliphatic carbocycles. The van der Waals surface area contributed by atoms with E-state index in [1.807, 2.05) is 0 Å². The SMILES string of the molecule is Cn1c(CBr)nc([N+](=O)[O-])c1Br. The van der Waals surface area contributed by atoms with Crippen LogP contribution in [0, 0.1) is 10.1 Å². The third-order valence-corrected chi connectivity index (χ3v) is 2.78. The number of hydrogen-bond donors (Lipinski definition) is 0. The summed E-state index contributed by atoms with van der Waals surface area (Å²) >= 11 is 6.26. The molecule has 0 aromatic carbocycles. The highest BCUT2D eigenvalue weighted by molar-refractivity contribution is 9.10. The van der Waals surface area contributed by atoms with E-state index >= 15 is 0 Å². The summed E-state index contributed by atoms with van der Waals surface area (Å²) in [7, 11) is 1.71. The van der Waals surface area contributed by atoms with Crippen molar-refractivity contribution in [2.45, 2.75) is 5.33 Å². The van der Waals surface area contributed by atoms with Crippen molar-refractivity contribution in [3.63, 3.8) is 0 Å². The molecule has 0 bridgehead atoms. The molecule has 66 valence electrons. The molecule has 1 aromatic heterocycles. The van der Waals surface area contributed by atoms with Gasteiger partial charge in [0.05, 0.1) is 5.33 Å². The maximum absolute atomic E-state index is 10.4. The lowest BCUT2D eigenvalue weighted by Gasteiger charge is -1.91. The number of imidazole rings is 1. The smallest absolute Gasteiger partial charge is 0.358 e. The van der Waals surface area contributed by atoms with Crippen molar-refractivity contribution >= 4 is 37.7 Å². The van der Waals surface area contributed by atoms with E-state index in [0.29, 0.717) is 15.8 Å². The average molecular weight is 299 g/mol. The molecule has 12 heavy (non-hydrogen) atoms.